The Morgan fingerprint density at radius 1 is 1.57 bits per heavy atom. The second-order valence-corrected chi connectivity index (χ2v) is 6.74. The van der Waals surface area contributed by atoms with E-state index in [-0.39, 0.29) is 9.99 Å². The molecule has 0 aromatic carbocycles. The number of aliphatic hydroxyl groups excluding tert-OH is 1. The quantitative estimate of drug-likeness (QED) is 0.465. The van der Waals surface area contributed by atoms with Crippen molar-refractivity contribution in [2.45, 2.75) is 24.9 Å². The summed E-state index contributed by atoms with van der Waals surface area (Å²) in [4.78, 5) is 25.1. The Bertz CT molecular complexity index is 742. The van der Waals surface area contributed by atoms with E-state index in [0.29, 0.717) is 0 Å². The molecule has 12 heteroatoms. The van der Waals surface area contributed by atoms with Crippen LogP contribution in [0.4, 0.5) is 0 Å². The van der Waals surface area contributed by atoms with Gasteiger partial charge in [-0.3, -0.25) is 18.5 Å². The number of rotatable bonds is 4. The van der Waals surface area contributed by atoms with Gasteiger partial charge in [-0.15, -0.1) is 0 Å². The molecule has 118 valence electrons. The van der Waals surface area contributed by atoms with Crippen LogP contribution < -0.4 is 16.4 Å². The molecule has 2 heterocycles. The van der Waals surface area contributed by atoms with Gasteiger partial charge >= 0.3 is 16.0 Å². The van der Waals surface area contributed by atoms with Crippen molar-refractivity contribution < 1.29 is 22.4 Å². The zero-order valence-electron chi connectivity index (χ0n) is 10.4. The zero-order valence-corrected chi connectivity index (χ0v) is 13.4. The monoisotopic (exact) mass is 433 g/mol. The van der Waals surface area contributed by atoms with Crippen LogP contribution in [0.2, 0.25) is 0 Å². The van der Waals surface area contributed by atoms with E-state index < -0.39 is 46.6 Å². The minimum Gasteiger partial charge on any atom is -0.390 e. The Morgan fingerprint density at radius 2 is 2.24 bits per heavy atom. The first-order valence-electron chi connectivity index (χ1n) is 5.69. The van der Waals surface area contributed by atoms with Gasteiger partial charge in [-0.1, -0.05) is 0 Å². The largest absolute Gasteiger partial charge is 0.390 e. The van der Waals surface area contributed by atoms with E-state index in [2.05, 4.69) is 14.3 Å². The lowest BCUT2D eigenvalue weighted by molar-refractivity contribution is -0.0400. The van der Waals surface area contributed by atoms with E-state index in [0.717, 1.165) is 4.57 Å². The van der Waals surface area contributed by atoms with Crippen molar-refractivity contribution in [1.29, 1.82) is 0 Å². The number of nitrogens with zero attached hydrogens (tertiary/aromatic N) is 1. The van der Waals surface area contributed by atoms with E-state index in [1.54, 1.807) is 22.6 Å². The van der Waals surface area contributed by atoms with Crippen molar-refractivity contribution in [1.82, 2.24) is 9.55 Å². The number of H-pyrrole nitrogens is 1. The summed E-state index contributed by atoms with van der Waals surface area (Å²) in [6.45, 7) is -0.467. The molecule has 1 aliphatic rings. The van der Waals surface area contributed by atoms with Gasteiger partial charge < -0.3 is 9.84 Å². The molecule has 3 atom stereocenters. The number of nitrogens with two attached hydrogens (primary N) is 1. The predicted molar refractivity (Wildman–Crippen MR) is 77.6 cm³/mol. The normalized spacial score (nSPS) is 26.1. The van der Waals surface area contributed by atoms with E-state index >= 15 is 0 Å². The molecule has 0 amide bonds. The Morgan fingerprint density at radius 3 is 2.86 bits per heavy atom. The second kappa shape index (κ2) is 6.13. The van der Waals surface area contributed by atoms with Crippen LogP contribution in [0.5, 0.6) is 0 Å². The third-order valence-corrected chi connectivity index (χ3v) is 4.07. The highest BCUT2D eigenvalue weighted by Gasteiger charge is 2.36. The molecular formula is C9H12IN3O7S. The average molecular weight is 433 g/mol. The van der Waals surface area contributed by atoms with Crippen molar-refractivity contribution in [3.05, 3.63) is 30.6 Å². The van der Waals surface area contributed by atoms with Crippen molar-refractivity contribution >= 4 is 32.9 Å². The lowest BCUT2D eigenvalue weighted by Gasteiger charge is -2.15. The van der Waals surface area contributed by atoms with Gasteiger partial charge in [-0.05, 0) is 22.6 Å². The number of aromatic amines is 1. The van der Waals surface area contributed by atoms with Crippen LogP contribution in [0.1, 0.15) is 12.6 Å². The van der Waals surface area contributed by atoms with E-state index in [9.17, 15) is 23.1 Å². The van der Waals surface area contributed by atoms with Crippen LogP contribution in [0.25, 0.3) is 0 Å². The summed E-state index contributed by atoms with van der Waals surface area (Å²) in [6.07, 6.45) is -1.49. The highest BCUT2D eigenvalue weighted by atomic mass is 127. The summed E-state index contributed by atoms with van der Waals surface area (Å²) in [5.74, 6) is 0. The molecule has 1 aliphatic heterocycles. The zero-order chi connectivity index (χ0) is 15.8. The van der Waals surface area contributed by atoms with Crippen LogP contribution in [0.15, 0.2) is 15.8 Å². The molecule has 0 spiro atoms. The first-order valence-corrected chi connectivity index (χ1v) is 8.24. The van der Waals surface area contributed by atoms with Crippen LogP contribution >= 0.6 is 22.6 Å². The molecule has 1 aromatic rings. The summed E-state index contributed by atoms with van der Waals surface area (Å²) in [6, 6.07) is 0. The number of hydrogen-bond donors (Lipinski definition) is 3. The molecule has 1 aromatic heterocycles. The van der Waals surface area contributed by atoms with E-state index in [1.807, 2.05) is 0 Å². The molecule has 0 bridgehead atoms. The number of aliphatic hydroxyl groups is 1. The third kappa shape index (κ3) is 4.10. The van der Waals surface area contributed by atoms with Crippen LogP contribution in [-0.4, -0.2) is 41.9 Å². The van der Waals surface area contributed by atoms with Crippen molar-refractivity contribution in [2.24, 2.45) is 5.14 Å². The molecular weight excluding hydrogens is 421 g/mol. The van der Waals surface area contributed by atoms with E-state index in [4.69, 9.17) is 4.74 Å². The van der Waals surface area contributed by atoms with Crippen LogP contribution in [0, 0.1) is 3.57 Å². The van der Waals surface area contributed by atoms with Gasteiger partial charge in [0, 0.05) is 12.6 Å². The lowest BCUT2D eigenvalue weighted by Crippen LogP contribution is -2.34. The summed E-state index contributed by atoms with van der Waals surface area (Å²) in [7, 11) is -4.15. The van der Waals surface area contributed by atoms with Gasteiger partial charge in [0.15, 0.2) is 0 Å². The Labute approximate surface area is 132 Å². The molecule has 4 N–H and O–H groups in total. The van der Waals surface area contributed by atoms with Gasteiger partial charge in [-0.25, -0.2) is 9.93 Å². The van der Waals surface area contributed by atoms with E-state index in [1.165, 1.54) is 6.20 Å². The minimum absolute atomic E-state index is 0.0423. The fourth-order valence-electron chi connectivity index (χ4n) is 1.87. The molecule has 2 rings (SSSR count). The summed E-state index contributed by atoms with van der Waals surface area (Å²) < 4.78 is 32.5. The van der Waals surface area contributed by atoms with Crippen molar-refractivity contribution in [3.8, 4) is 0 Å². The first kappa shape index (κ1) is 16.6. The van der Waals surface area contributed by atoms with Crippen molar-refractivity contribution in [3.63, 3.8) is 0 Å². The maximum absolute atomic E-state index is 11.7. The Hall–Kier alpha value is -0.800. The Balaban J connectivity index is 2.16. The smallest absolute Gasteiger partial charge is 0.333 e. The highest BCUT2D eigenvalue weighted by molar-refractivity contribution is 14.1. The number of ether oxygens (including phenoxy) is 1. The van der Waals surface area contributed by atoms with Crippen LogP contribution in [-0.2, 0) is 19.2 Å². The summed E-state index contributed by atoms with van der Waals surface area (Å²) in [5.41, 5.74) is -1.21. The predicted octanol–water partition coefficient (Wildman–Crippen LogP) is -1.99. The molecule has 1 saturated heterocycles. The fraction of sp³-hybridized carbons (Fsp3) is 0.556. The maximum atomic E-state index is 11.7. The average Bonchev–Trinajstić information content (AvgIpc) is 2.72. The third-order valence-electron chi connectivity index (χ3n) is 2.84. The molecule has 21 heavy (non-hydrogen) atoms. The molecule has 0 saturated carbocycles. The van der Waals surface area contributed by atoms with Gasteiger partial charge in [-0.2, -0.15) is 8.42 Å². The van der Waals surface area contributed by atoms with Gasteiger partial charge in [0.05, 0.1) is 16.3 Å². The molecule has 10 nitrogen and oxygen atoms in total. The maximum Gasteiger partial charge on any atom is 0.333 e. The lowest BCUT2D eigenvalue weighted by atomic mass is 10.2. The number of aromatic nitrogens is 2. The van der Waals surface area contributed by atoms with Crippen molar-refractivity contribution in [2.75, 3.05) is 6.61 Å². The van der Waals surface area contributed by atoms with Crippen LogP contribution in [0.3, 0.4) is 0 Å². The second-order valence-electron chi connectivity index (χ2n) is 4.35. The van der Waals surface area contributed by atoms with Gasteiger partial charge in [0.1, 0.15) is 12.3 Å². The number of hydrogen-bond acceptors (Lipinski definition) is 7. The van der Waals surface area contributed by atoms with Gasteiger partial charge in [0.25, 0.3) is 5.56 Å². The SMILES string of the molecule is NS(=O)(=O)OC[C@H]1O[C@@H](n2cc(I)c(=O)[nH]c2=O)C[C@@H]1O. The number of halogens is 1. The number of nitrogens with one attached hydrogen (secondary N) is 1. The Kier molecular flexibility index (Phi) is 4.84. The highest BCUT2D eigenvalue weighted by Crippen LogP contribution is 2.28. The summed E-state index contributed by atoms with van der Waals surface area (Å²) in [5, 5.41) is 14.5. The fourth-order valence-corrected chi connectivity index (χ4v) is 2.63. The molecule has 0 aliphatic carbocycles. The first-order chi connectivity index (χ1) is 9.67. The topological polar surface area (TPSA) is 154 Å². The molecule has 1 fully saturated rings. The molecule has 0 unspecified atom stereocenters. The molecule has 0 radical (unpaired) electrons. The minimum atomic E-state index is -4.15. The standard InChI is InChI=1S/C9H12IN3O7S/c10-4-2-13(9(16)12-8(4)15)7-1-5(14)6(20-7)3-19-21(11,17)18/h2,5-7,14H,1,3H2,(H2,11,17,18)(H,12,15,16)/t5-,6+,7+/m0/s1. The summed E-state index contributed by atoms with van der Waals surface area (Å²) >= 11 is 1.75. The van der Waals surface area contributed by atoms with Gasteiger partial charge in [0.2, 0.25) is 0 Å².